The Morgan fingerprint density at radius 3 is 2.84 bits per heavy atom. The van der Waals surface area contributed by atoms with Crippen LogP contribution in [0.1, 0.15) is 49.4 Å². The lowest BCUT2D eigenvalue weighted by molar-refractivity contribution is -0.125. The number of benzene rings is 1. The second kappa shape index (κ2) is 7.75. The lowest BCUT2D eigenvalue weighted by atomic mass is 9.84. The van der Waals surface area contributed by atoms with E-state index in [1.165, 1.54) is 6.42 Å². The summed E-state index contributed by atoms with van der Waals surface area (Å²) < 4.78 is 0. The largest absolute Gasteiger partial charge is 0.351 e. The van der Waals surface area contributed by atoms with E-state index in [0.717, 1.165) is 25.7 Å². The Kier molecular flexibility index (Phi) is 5.64. The van der Waals surface area contributed by atoms with Crippen LogP contribution in [0.2, 0.25) is 5.02 Å². The van der Waals surface area contributed by atoms with Gasteiger partial charge in [0, 0.05) is 29.2 Å². The van der Waals surface area contributed by atoms with Crippen LogP contribution < -0.4 is 11.1 Å². The maximum Gasteiger partial charge on any atom is 0.254 e. The van der Waals surface area contributed by atoms with E-state index in [1.807, 2.05) is 11.8 Å². The molecule has 2 aliphatic rings. The molecule has 2 amide bonds. The summed E-state index contributed by atoms with van der Waals surface area (Å²) >= 11 is 6.06. The third-order valence-corrected chi connectivity index (χ3v) is 5.67. The molecule has 0 spiro atoms. The normalized spacial score (nSPS) is 26.8. The van der Waals surface area contributed by atoms with Gasteiger partial charge in [0.15, 0.2) is 0 Å². The van der Waals surface area contributed by atoms with Gasteiger partial charge in [0.2, 0.25) is 5.91 Å². The fourth-order valence-corrected chi connectivity index (χ4v) is 4.35. The van der Waals surface area contributed by atoms with Crippen molar-refractivity contribution < 1.29 is 9.59 Å². The van der Waals surface area contributed by atoms with Crippen LogP contribution in [0.5, 0.6) is 0 Å². The number of hydrogen-bond donors (Lipinski definition) is 2. The highest BCUT2D eigenvalue weighted by molar-refractivity contribution is 6.31. The zero-order chi connectivity index (χ0) is 18.0. The first-order valence-corrected chi connectivity index (χ1v) is 9.47. The monoisotopic (exact) mass is 363 g/mol. The molecule has 0 bridgehead atoms. The van der Waals surface area contributed by atoms with Gasteiger partial charge in [0.1, 0.15) is 6.04 Å². The number of nitrogens with one attached hydrogen (secondary N) is 1. The molecular formula is C19H26ClN3O2. The van der Waals surface area contributed by atoms with Crippen LogP contribution in [-0.2, 0) is 4.79 Å². The molecule has 5 nitrogen and oxygen atoms in total. The van der Waals surface area contributed by atoms with Crippen molar-refractivity contribution >= 4 is 23.4 Å². The van der Waals surface area contributed by atoms with Crippen molar-refractivity contribution in [2.45, 2.75) is 57.2 Å². The number of halogens is 1. The number of nitrogens with two attached hydrogens (primary N) is 1. The molecule has 1 aliphatic heterocycles. The first-order chi connectivity index (χ1) is 12.0. The highest BCUT2D eigenvalue weighted by Crippen LogP contribution is 2.40. The van der Waals surface area contributed by atoms with E-state index >= 15 is 0 Å². The highest BCUT2D eigenvalue weighted by Gasteiger charge is 2.47. The Bertz CT molecular complexity index is 651. The summed E-state index contributed by atoms with van der Waals surface area (Å²) in [5.74, 6) is 0.209. The van der Waals surface area contributed by atoms with Gasteiger partial charge in [-0.1, -0.05) is 30.5 Å². The van der Waals surface area contributed by atoms with Crippen molar-refractivity contribution in [3.8, 4) is 0 Å². The van der Waals surface area contributed by atoms with E-state index in [9.17, 15) is 9.59 Å². The zero-order valence-electron chi connectivity index (χ0n) is 14.6. The van der Waals surface area contributed by atoms with Gasteiger partial charge in [0.25, 0.3) is 5.91 Å². The topological polar surface area (TPSA) is 75.4 Å². The number of rotatable bonds is 4. The Labute approximate surface area is 153 Å². The molecule has 0 radical (unpaired) electrons. The standard InChI is InChI=1S/C19H26ClN3O2/c1-12(11-21)22-18(24)17-10-13-5-2-3-8-16(13)23(17)19(25)14-6-4-7-15(20)9-14/h4,6-7,9,12-13,16-17H,2-3,5,8,10-11,21H2,1H3,(H,22,24)/t12-,13?,16?,17?/m0/s1. The highest BCUT2D eigenvalue weighted by atomic mass is 35.5. The maximum atomic E-state index is 13.2. The van der Waals surface area contributed by atoms with Gasteiger partial charge in [-0.2, -0.15) is 0 Å². The van der Waals surface area contributed by atoms with Crippen LogP contribution in [-0.4, -0.2) is 41.4 Å². The molecule has 1 saturated heterocycles. The summed E-state index contributed by atoms with van der Waals surface area (Å²) in [5, 5.41) is 3.48. The third-order valence-electron chi connectivity index (χ3n) is 5.44. The molecule has 2 fully saturated rings. The van der Waals surface area contributed by atoms with E-state index in [-0.39, 0.29) is 23.9 Å². The minimum absolute atomic E-state index is 0.0947. The number of carbonyl (C=O) groups excluding carboxylic acids is 2. The Morgan fingerprint density at radius 1 is 1.36 bits per heavy atom. The predicted octanol–water partition coefficient (Wildman–Crippen LogP) is 2.58. The van der Waals surface area contributed by atoms with Crippen molar-refractivity contribution in [2.24, 2.45) is 11.7 Å². The molecule has 1 aromatic carbocycles. The fraction of sp³-hybridized carbons (Fsp3) is 0.579. The molecule has 0 aromatic heterocycles. The quantitative estimate of drug-likeness (QED) is 0.863. The van der Waals surface area contributed by atoms with Gasteiger partial charge in [-0.05, 0) is 50.3 Å². The maximum absolute atomic E-state index is 13.2. The average molecular weight is 364 g/mol. The van der Waals surface area contributed by atoms with Crippen molar-refractivity contribution in [3.05, 3.63) is 34.9 Å². The van der Waals surface area contributed by atoms with E-state index in [1.54, 1.807) is 24.3 Å². The number of fused-ring (bicyclic) bond motifs is 1. The van der Waals surface area contributed by atoms with Crippen molar-refractivity contribution in [1.82, 2.24) is 10.2 Å². The predicted molar refractivity (Wildman–Crippen MR) is 98.4 cm³/mol. The van der Waals surface area contributed by atoms with Crippen LogP contribution in [0.3, 0.4) is 0 Å². The van der Waals surface area contributed by atoms with Crippen LogP contribution in [0, 0.1) is 5.92 Å². The number of nitrogens with zero attached hydrogens (tertiary/aromatic N) is 1. The lowest BCUT2D eigenvalue weighted by Crippen LogP contribution is -2.52. The Hall–Kier alpha value is -1.59. The lowest BCUT2D eigenvalue weighted by Gasteiger charge is -2.34. The van der Waals surface area contributed by atoms with Gasteiger partial charge in [0.05, 0.1) is 0 Å². The molecule has 136 valence electrons. The molecule has 1 heterocycles. The smallest absolute Gasteiger partial charge is 0.254 e. The van der Waals surface area contributed by atoms with Gasteiger partial charge < -0.3 is 16.0 Å². The summed E-state index contributed by atoms with van der Waals surface area (Å²) in [4.78, 5) is 27.8. The van der Waals surface area contributed by atoms with E-state index in [2.05, 4.69) is 5.32 Å². The molecule has 1 saturated carbocycles. The first-order valence-electron chi connectivity index (χ1n) is 9.10. The molecule has 6 heteroatoms. The molecule has 3 N–H and O–H groups in total. The second-order valence-electron chi connectivity index (χ2n) is 7.23. The summed E-state index contributed by atoms with van der Waals surface area (Å²) in [6.07, 6.45) is 5.06. The summed E-state index contributed by atoms with van der Waals surface area (Å²) in [6, 6.07) is 6.59. The van der Waals surface area contributed by atoms with E-state index in [0.29, 0.717) is 23.0 Å². The molecule has 1 aliphatic carbocycles. The van der Waals surface area contributed by atoms with Crippen LogP contribution in [0.25, 0.3) is 0 Å². The Morgan fingerprint density at radius 2 is 2.12 bits per heavy atom. The SMILES string of the molecule is C[C@@H](CN)NC(=O)C1CC2CCCCC2N1C(=O)c1cccc(Cl)c1. The average Bonchev–Trinajstić information content (AvgIpc) is 3.00. The van der Waals surface area contributed by atoms with E-state index in [4.69, 9.17) is 17.3 Å². The minimum atomic E-state index is -0.423. The molecular weight excluding hydrogens is 338 g/mol. The van der Waals surface area contributed by atoms with Gasteiger partial charge in [-0.15, -0.1) is 0 Å². The fourth-order valence-electron chi connectivity index (χ4n) is 4.15. The molecule has 4 atom stereocenters. The Balaban J connectivity index is 1.87. The van der Waals surface area contributed by atoms with Crippen molar-refractivity contribution in [1.29, 1.82) is 0 Å². The van der Waals surface area contributed by atoms with E-state index < -0.39 is 6.04 Å². The van der Waals surface area contributed by atoms with Gasteiger partial charge in [-0.25, -0.2) is 0 Å². The van der Waals surface area contributed by atoms with Crippen molar-refractivity contribution in [3.63, 3.8) is 0 Å². The number of amides is 2. The molecule has 25 heavy (non-hydrogen) atoms. The molecule has 1 aromatic rings. The first kappa shape index (κ1) is 18.2. The number of likely N-dealkylation sites (tertiary alicyclic amines) is 1. The van der Waals surface area contributed by atoms with Crippen molar-refractivity contribution in [2.75, 3.05) is 6.54 Å². The van der Waals surface area contributed by atoms with Gasteiger partial charge >= 0.3 is 0 Å². The van der Waals surface area contributed by atoms with Crippen LogP contribution >= 0.6 is 11.6 Å². The molecule has 3 rings (SSSR count). The zero-order valence-corrected chi connectivity index (χ0v) is 15.3. The second-order valence-corrected chi connectivity index (χ2v) is 7.67. The van der Waals surface area contributed by atoms with Gasteiger partial charge in [-0.3, -0.25) is 9.59 Å². The number of hydrogen-bond acceptors (Lipinski definition) is 3. The summed E-state index contributed by atoms with van der Waals surface area (Å²) in [5.41, 5.74) is 6.17. The van der Waals surface area contributed by atoms with Crippen LogP contribution in [0.4, 0.5) is 0 Å². The van der Waals surface area contributed by atoms with Crippen LogP contribution in [0.15, 0.2) is 24.3 Å². The minimum Gasteiger partial charge on any atom is -0.351 e. The number of carbonyl (C=O) groups is 2. The third kappa shape index (κ3) is 3.82. The molecule has 3 unspecified atom stereocenters. The summed E-state index contributed by atoms with van der Waals surface area (Å²) in [7, 11) is 0. The summed E-state index contributed by atoms with van der Waals surface area (Å²) in [6.45, 7) is 2.26.